The number of rotatable bonds is 9. The van der Waals surface area contributed by atoms with Crippen molar-refractivity contribution < 1.29 is 24.1 Å². The fourth-order valence-electron chi connectivity index (χ4n) is 1.43. The number of ether oxygens (including phenoxy) is 3. The van der Waals surface area contributed by atoms with Gasteiger partial charge in [0.1, 0.15) is 17.9 Å². The van der Waals surface area contributed by atoms with E-state index in [1.54, 1.807) is 19.2 Å². The third-order valence-corrected chi connectivity index (χ3v) is 2.93. The molecule has 0 aliphatic heterocycles. The lowest BCUT2D eigenvalue weighted by Crippen LogP contribution is -2.11. The van der Waals surface area contributed by atoms with E-state index in [0.717, 1.165) is 6.42 Å². The molecule has 0 bridgehead atoms. The Bertz CT molecular complexity index is 408. The first-order valence-electron chi connectivity index (χ1n) is 5.88. The van der Waals surface area contributed by atoms with E-state index in [-0.39, 0.29) is 5.56 Å². The lowest BCUT2D eigenvalue weighted by molar-refractivity contribution is 0.0676. The Morgan fingerprint density at radius 3 is 2.74 bits per heavy atom. The molecule has 1 aromatic rings. The van der Waals surface area contributed by atoms with Gasteiger partial charge in [0.25, 0.3) is 0 Å². The molecule has 0 aliphatic rings. The summed E-state index contributed by atoms with van der Waals surface area (Å²) >= 11 is 3.27. The second-order valence-electron chi connectivity index (χ2n) is 3.73. The third kappa shape index (κ3) is 5.59. The van der Waals surface area contributed by atoms with Gasteiger partial charge in [0, 0.05) is 20.3 Å². The fourth-order valence-corrected chi connectivity index (χ4v) is 1.91. The monoisotopic (exact) mass is 332 g/mol. The van der Waals surface area contributed by atoms with E-state index < -0.39 is 5.97 Å². The fraction of sp³-hybridized carbons (Fsp3) is 0.462. The Hall–Kier alpha value is -1.11. The van der Waals surface area contributed by atoms with Crippen molar-refractivity contribution in [2.75, 3.05) is 33.5 Å². The molecule has 0 saturated carbocycles. The first kappa shape index (κ1) is 15.9. The van der Waals surface area contributed by atoms with Crippen LogP contribution >= 0.6 is 15.9 Å². The van der Waals surface area contributed by atoms with Gasteiger partial charge in [-0.25, -0.2) is 4.79 Å². The Kier molecular flexibility index (Phi) is 7.47. The lowest BCUT2D eigenvalue weighted by Gasteiger charge is -2.11. The average Bonchev–Trinajstić information content (AvgIpc) is 2.39. The predicted molar refractivity (Wildman–Crippen MR) is 73.9 cm³/mol. The molecule has 0 saturated heterocycles. The van der Waals surface area contributed by atoms with Crippen molar-refractivity contribution in [2.24, 2.45) is 0 Å². The van der Waals surface area contributed by atoms with Gasteiger partial charge >= 0.3 is 5.97 Å². The van der Waals surface area contributed by atoms with Crippen molar-refractivity contribution in [2.45, 2.75) is 6.42 Å². The highest BCUT2D eigenvalue weighted by molar-refractivity contribution is 9.10. The molecule has 0 spiro atoms. The van der Waals surface area contributed by atoms with Crippen LogP contribution < -0.4 is 4.74 Å². The Morgan fingerprint density at radius 1 is 1.26 bits per heavy atom. The zero-order valence-electron chi connectivity index (χ0n) is 10.7. The molecule has 0 aliphatic carbocycles. The summed E-state index contributed by atoms with van der Waals surface area (Å²) in [5, 5.41) is 9.04. The number of aromatic carboxylic acids is 1. The summed E-state index contributed by atoms with van der Waals surface area (Å²) in [7, 11) is 1.64. The van der Waals surface area contributed by atoms with Gasteiger partial charge in [0.05, 0.1) is 11.1 Å². The van der Waals surface area contributed by atoms with Gasteiger partial charge in [-0.05, 0) is 34.5 Å². The molecule has 0 fully saturated rings. The average molecular weight is 333 g/mol. The van der Waals surface area contributed by atoms with Crippen molar-refractivity contribution in [3.8, 4) is 5.75 Å². The van der Waals surface area contributed by atoms with Crippen LogP contribution in [0.4, 0.5) is 0 Å². The zero-order valence-corrected chi connectivity index (χ0v) is 12.3. The van der Waals surface area contributed by atoms with Crippen LogP contribution in [-0.2, 0) is 9.47 Å². The minimum Gasteiger partial charge on any atom is -0.489 e. The van der Waals surface area contributed by atoms with Gasteiger partial charge in [-0.2, -0.15) is 0 Å². The largest absolute Gasteiger partial charge is 0.489 e. The van der Waals surface area contributed by atoms with Gasteiger partial charge in [0.15, 0.2) is 0 Å². The molecule has 0 heterocycles. The number of carbonyl (C=O) groups is 1. The normalized spacial score (nSPS) is 10.4. The van der Waals surface area contributed by atoms with Crippen LogP contribution in [0, 0.1) is 0 Å². The van der Waals surface area contributed by atoms with Gasteiger partial charge < -0.3 is 19.3 Å². The Morgan fingerprint density at radius 2 is 2.05 bits per heavy atom. The lowest BCUT2D eigenvalue weighted by atomic mass is 10.2. The van der Waals surface area contributed by atoms with Crippen LogP contribution in [-0.4, -0.2) is 44.6 Å². The summed E-state index contributed by atoms with van der Waals surface area (Å²) in [5.74, 6) is -0.687. The number of benzene rings is 1. The van der Waals surface area contributed by atoms with Crippen LogP contribution in [0.25, 0.3) is 0 Å². The second-order valence-corrected chi connectivity index (χ2v) is 4.58. The van der Waals surface area contributed by atoms with Gasteiger partial charge in [-0.15, -0.1) is 0 Å². The van der Waals surface area contributed by atoms with Gasteiger partial charge in [0.2, 0.25) is 0 Å². The molecule has 1 N–H and O–H groups in total. The van der Waals surface area contributed by atoms with E-state index >= 15 is 0 Å². The van der Waals surface area contributed by atoms with Crippen LogP contribution in [0.3, 0.4) is 0 Å². The Labute approximate surface area is 120 Å². The maximum absolute atomic E-state index is 11.0. The second kappa shape index (κ2) is 8.90. The Balaban J connectivity index is 2.38. The number of para-hydroxylation sites is 1. The van der Waals surface area contributed by atoms with Crippen LogP contribution in [0.5, 0.6) is 5.75 Å². The molecule has 106 valence electrons. The van der Waals surface area contributed by atoms with E-state index in [4.69, 9.17) is 19.3 Å². The molecular formula is C13H17BrO5. The summed E-state index contributed by atoms with van der Waals surface area (Å²) in [5.41, 5.74) is 0.133. The van der Waals surface area contributed by atoms with E-state index in [1.807, 2.05) is 0 Å². The van der Waals surface area contributed by atoms with Crippen LogP contribution in [0.1, 0.15) is 16.8 Å². The summed E-state index contributed by atoms with van der Waals surface area (Å²) < 4.78 is 16.3. The minimum atomic E-state index is -1.02. The molecule has 0 amide bonds. The summed E-state index contributed by atoms with van der Waals surface area (Å²) in [6, 6.07) is 4.89. The van der Waals surface area contributed by atoms with Crippen molar-refractivity contribution in [3.63, 3.8) is 0 Å². The first-order chi connectivity index (χ1) is 9.16. The molecule has 1 aromatic carbocycles. The van der Waals surface area contributed by atoms with Crippen molar-refractivity contribution in [3.05, 3.63) is 28.2 Å². The van der Waals surface area contributed by atoms with Crippen molar-refractivity contribution >= 4 is 21.9 Å². The van der Waals surface area contributed by atoms with Crippen LogP contribution in [0.2, 0.25) is 0 Å². The van der Waals surface area contributed by atoms with Crippen molar-refractivity contribution in [1.29, 1.82) is 0 Å². The molecule has 6 heteroatoms. The third-order valence-electron chi connectivity index (χ3n) is 2.31. The maximum atomic E-state index is 11.0. The number of carboxylic acid groups (broad SMARTS) is 1. The minimum absolute atomic E-state index is 0.133. The zero-order chi connectivity index (χ0) is 14.1. The quantitative estimate of drug-likeness (QED) is 0.704. The molecule has 0 radical (unpaired) electrons. The van der Waals surface area contributed by atoms with Gasteiger partial charge in [-0.3, -0.25) is 0 Å². The molecular weight excluding hydrogens is 316 g/mol. The number of carboxylic acids is 1. The first-order valence-corrected chi connectivity index (χ1v) is 6.67. The molecule has 19 heavy (non-hydrogen) atoms. The smallest absolute Gasteiger partial charge is 0.339 e. The van der Waals surface area contributed by atoms with E-state index in [0.29, 0.717) is 36.6 Å². The number of methoxy groups -OCH3 is 1. The molecule has 0 atom stereocenters. The van der Waals surface area contributed by atoms with E-state index in [1.165, 1.54) is 6.07 Å². The SMILES string of the molecule is COCCCOCCOc1c(Br)cccc1C(=O)O. The molecule has 5 nitrogen and oxygen atoms in total. The van der Waals surface area contributed by atoms with E-state index in [9.17, 15) is 4.79 Å². The summed E-state index contributed by atoms with van der Waals surface area (Å²) in [4.78, 5) is 11.0. The molecule has 0 unspecified atom stereocenters. The highest BCUT2D eigenvalue weighted by Crippen LogP contribution is 2.28. The van der Waals surface area contributed by atoms with Gasteiger partial charge in [-0.1, -0.05) is 6.07 Å². The molecule has 0 aromatic heterocycles. The highest BCUT2D eigenvalue weighted by Gasteiger charge is 2.13. The number of halogens is 1. The van der Waals surface area contributed by atoms with E-state index in [2.05, 4.69) is 15.9 Å². The number of hydrogen-bond donors (Lipinski definition) is 1. The topological polar surface area (TPSA) is 65.0 Å². The van der Waals surface area contributed by atoms with Crippen molar-refractivity contribution in [1.82, 2.24) is 0 Å². The van der Waals surface area contributed by atoms with Crippen LogP contribution in [0.15, 0.2) is 22.7 Å². The summed E-state index contributed by atoms with van der Waals surface area (Å²) in [6.07, 6.45) is 0.825. The highest BCUT2D eigenvalue weighted by atomic mass is 79.9. The number of hydrogen-bond acceptors (Lipinski definition) is 4. The maximum Gasteiger partial charge on any atom is 0.339 e. The standard InChI is InChI=1S/C13H17BrO5/c1-17-6-3-7-18-8-9-19-12-10(13(15)16)4-2-5-11(12)14/h2,4-5H,3,6-9H2,1H3,(H,15,16). The molecule has 1 rings (SSSR count). The predicted octanol–water partition coefficient (Wildman–Crippen LogP) is 2.58. The summed E-state index contributed by atoms with van der Waals surface area (Å²) in [6.45, 7) is 1.97.